The number of hydrogen-bond acceptors (Lipinski definition) is 6. The van der Waals surface area contributed by atoms with Gasteiger partial charge in [-0.2, -0.15) is 9.57 Å². The van der Waals surface area contributed by atoms with E-state index >= 15 is 0 Å². The first-order valence-corrected chi connectivity index (χ1v) is 8.83. The minimum absolute atomic E-state index is 0.0561. The summed E-state index contributed by atoms with van der Waals surface area (Å²) in [7, 11) is -2.55. The zero-order valence-electron chi connectivity index (χ0n) is 13.7. The SMILES string of the molecule is CCN(CC)S(=O)(=O)c1cc2c(cc1OC)NC(=O)C2(O)CC#N. The number of nitrogens with one attached hydrogen (secondary N) is 1. The van der Waals surface area contributed by atoms with Gasteiger partial charge in [0.25, 0.3) is 5.91 Å². The van der Waals surface area contributed by atoms with Gasteiger partial charge in [-0.05, 0) is 6.07 Å². The zero-order chi connectivity index (χ0) is 18.1. The van der Waals surface area contributed by atoms with Crippen molar-refractivity contribution in [3.05, 3.63) is 17.7 Å². The summed E-state index contributed by atoms with van der Waals surface area (Å²) in [5, 5.41) is 21.9. The first-order valence-electron chi connectivity index (χ1n) is 7.39. The van der Waals surface area contributed by atoms with Gasteiger partial charge in [-0.25, -0.2) is 8.42 Å². The lowest BCUT2D eigenvalue weighted by atomic mass is 9.92. The molecule has 0 saturated carbocycles. The van der Waals surface area contributed by atoms with E-state index in [9.17, 15) is 18.3 Å². The van der Waals surface area contributed by atoms with Crippen LogP contribution in [0.3, 0.4) is 0 Å². The summed E-state index contributed by atoms with van der Waals surface area (Å²) in [5.41, 5.74) is -1.79. The number of carbonyl (C=O) groups is 1. The topological polar surface area (TPSA) is 120 Å². The fraction of sp³-hybridized carbons (Fsp3) is 0.467. The van der Waals surface area contributed by atoms with Crippen LogP contribution in [0.5, 0.6) is 5.75 Å². The molecule has 1 aromatic carbocycles. The minimum Gasteiger partial charge on any atom is -0.495 e. The van der Waals surface area contributed by atoms with Gasteiger partial charge >= 0.3 is 0 Å². The Kier molecular flexibility index (Phi) is 4.85. The molecule has 0 spiro atoms. The van der Waals surface area contributed by atoms with Crippen LogP contribution in [-0.4, -0.2) is 43.9 Å². The molecule has 2 N–H and O–H groups in total. The number of fused-ring (bicyclic) bond motifs is 1. The number of carbonyl (C=O) groups excluding carboxylic acids is 1. The van der Waals surface area contributed by atoms with Crippen molar-refractivity contribution in [2.45, 2.75) is 30.8 Å². The molecule has 1 aliphatic rings. The van der Waals surface area contributed by atoms with E-state index in [0.717, 1.165) is 0 Å². The fourth-order valence-electron chi connectivity index (χ4n) is 2.71. The number of ether oxygens (including phenoxy) is 1. The number of sulfonamides is 1. The number of nitriles is 1. The molecule has 1 atom stereocenters. The fourth-order valence-corrected chi connectivity index (χ4v) is 4.33. The van der Waals surface area contributed by atoms with Gasteiger partial charge in [0.1, 0.15) is 10.6 Å². The van der Waals surface area contributed by atoms with Crippen molar-refractivity contribution in [3.63, 3.8) is 0 Å². The molecule has 2 rings (SSSR count). The number of aliphatic hydroxyl groups is 1. The zero-order valence-corrected chi connectivity index (χ0v) is 14.5. The molecule has 1 unspecified atom stereocenters. The summed E-state index contributed by atoms with van der Waals surface area (Å²) >= 11 is 0. The predicted molar refractivity (Wildman–Crippen MR) is 85.9 cm³/mol. The van der Waals surface area contributed by atoms with Crippen molar-refractivity contribution in [2.24, 2.45) is 0 Å². The van der Waals surface area contributed by atoms with Crippen molar-refractivity contribution in [1.29, 1.82) is 5.26 Å². The van der Waals surface area contributed by atoms with Crippen molar-refractivity contribution in [3.8, 4) is 11.8 Å². The number of hydrogen-bond donors (Lipinski definition) is 2. The van der Waals surface area contributed by atoms with Crippen LogP contribution in [0.15, 0.2) is 17.0 Å². The molecular weight excluding hydrogens is 334 g/mol. The maximum atomic E-state index is 12.8. The van der Waals surface area contributed by atoms with Gasteiger partial charge < -0.3 is 15.2 Å². The van der Waals surface area contributed by atoms with E-state index < -0.39 is 28.0 Å². The maximum absolute atomic E-state index is 12.8. The Morgan fingerprint density at radius 2 is 2.00 bits per heavy atom. The van der Waals surface area contributed by atoms with Crippen LogP contribution in [0, 0.1) is 11.3 Å². The number of benzene rings is 1. The molecule has 1 aliphatic heterocycles. The van der Waals surface area contributed by atoms with Crippen LogP contribution in [0.1, 0.15) is 25.8 Å². The molecule has 1 heterocycles. The minimum atomic E-state index is -3.87. The van der Waals surface area contributed by atoms with E-state index in [4.69, 9.17) is 10.00 Å². The van der Waals surface area contributed by atoms with Gasteiger partial charge in [0, 0.05) is 24.7 Å². The molecule has 0 fully saturated rings. The molecule has 0 radical (unpaired) electrons. The molecule has 9 heteroatoms. The Hall–Kier alpha value is -2.15. The Bertz CT molecular complexity index is 811. The van der Waals surface area contributed by atoms with Crippen molar-refractivity contribution >= 4 is 21.6 Å². The third kappa shape index (κ3) is 2.62. The lowest BCUT2D eigenvalue weighted by Crippen LogP contribution is -2.34. The van der Waals surface area contributed by atoms with E-state index in [1.807, 2.05) is 0 Å². The van der Waals surface area contributed by atoms with Crippen LogP contribution in [0.25, 0.3) is 0 Å². The van der Waals surface area contributed by atoms with E-state index in [0.29, 0.717) is 0 Å². The summed E-state index contributed by atoms with van der Waals surface area (Å²) in [4.78, 5) is 11.9. The lowest BCUT2D eigenvalue weighted by Gasteiger charge is -2.22. The van der Waals surface area contributed by atoms with Gasteiger partial charge in [-0.15, -0.1) is 0 Å². The number of amides is 1. The molecule has 0 aliphatic carbocycles. The van der Waals surface area contributed by atoms with Gasteiger partial charge in [-0.3, -0.25) is 4.79 Å². The van der Waals surface area contributed by atoms with E-state index in [-0.39, 0.29) is 35.0 Å². The Balaban J connectivity index is 2.71. The number of anilines is 1. The van der Waals surface area contributed by atoms with Crippen molar-refractivity contribution < 1.29 is 23.1 Å². The van der Waals surface area contributed by atoms with Crippen LogP contribution >= 0.6 is 0 Å². The van der Waals surface area contributed by atoms with E-state index in [2.05, 4.69) is 5.32 Å². The van der Waals surface area contributed by atoms with Gasteiger partial charge in [0.15, 0.2) is 5.60 Å². The molecule has 8 nitrogen and oxygen atoms in total. The molecular formula is C15H19N3O5S. The van der Waals surface area contributed by atoms with Crippen molar-refractivity contribution in [2.75, 3.05) is 25.5 Å². The van der Waals surface area contributed by atoms with Gasteiger partial charge in [-0.1, -0.05) is 13.8 Å². The highest BCUT2D eigenvalue weighted by atomic mass is 32.2. The lowest BCUT2D eigenvalue weighted by molar-refractivity contribution is -0.133. The van der Waals surface area contributed by atoms with Crippen LogP contribution in [0.4, 0.5) is 5.69 Å². The first-order chi connectivity index (χ1) is 11.3. The summed E-state index contributed by atoms with van der Waals surface area (Å²) in [5.74, 6) is -0.708. The number of methoxy groups -OCH3 is 1. The monoisotopic (exact) mass is 353 g/mol. The standard InChI is InChI=1S/C15H19N3O5S/c1-4-18(5-2)24(21,22)13-8-10-11(9-12(13)23-3)17-14(19)15(10,20)6-7-16/h8-9,20H,4-6H2,1-3H3,(H,17,19). The molecule has 0 bridgehead atoms. The molecule has 130 valence electrons. The summed E-state index contributed by atoms with van der Waals surface area (Å²) in [6.45, 7) is 3.94. The third-order valence-corrected chi connectivity index (χ3v) is 6.10. The predicted octanol–water partition coefficient (Wildman–Crippen LogP) is 0.779. The average molecular weight is 353 g/mol. The van der Waals surface area contributed by atoms with Crippen LogP contribution < -0.4 is 10.1 Å². The summed E-state index contributed by atoms with van der Waals surface area (Å²) < 4.78 is 32.0. The largest absolute Gasteiger partial charge is 0.495 e. The molecule has 24 heavy (non-hydrogen) atoms. The van der Waals surface area contributed by atoms with Crippen molar-refractivity contribution in [1.82, 2.24) is 4.31 Å². The van der Waals surface area contributed by atoms with Gasteiger partial charge in [0.2, 0.25) is 10.0 Å². The average Bonchev–Trinajstić information content (AvgIpc) is 2.78. The normalized spacial score (nSPS) is 19.8. The highest BCUT2D eigenvalue weighted by molar-refractivity contribution is 7.89. The highest BCUT2D eigenvalue weighted by Crippen LogP contribution is 2.43. The second-order valence-electron chi connectivity index (χ2n) is 5.29. The molecule has 1 aromatic rings. The molecule has 0 aromatic heterocycles. The smallest absolute Gasteiger partial charge is 0.262 e. The summed E-state index contributed by atoms with van der Waals surface area (Å²) in [6, 6.07) is 4.30. The molecule has 0 saturated heterocycles. The molecule has 1 amide bonds. The number of rotatable bonds is 6. The third-order valence-electron chi connectivity index (χ3n) is 4.03. The van der Waals surface area contributed by atoms with Crippen LogP contribution in [0.2, 0.25) is 0 Å². The van der Waals surface area contributed by atoms with E-state index in [1.54, 1.807) is 19.9 Å². The summed E-state index contributed by atoms with van der Waals surface area (Å²) in [6.07, 6.45) is -0.483. The van der Waals surface area contributed by atoms with E-state index in [1.165, 1.54) is 23.5 Å². The first kappa shape index (κ1) is 18.2. The maximum Gasteiger partial charge on any atom is 0.262 e. The van der Waals surface area contributed by atoms with Crippen LogP contribution in [-0.2, 0) is 20.4 Å². The Labute approximate surface area is 140 Å². The number of nitrogens with zero attached hydrogens (tertiary/aromatic N) is 2. The Morgan fingerprint density at radius 1 is 1.38 bits per heavy atom. The quantitative estimate of drug-likeness (QED) is 0.780. The Morgan fingerprint density at radius 3 is 2.50 bits per heavy atom. The van der Waals surface area contributed by atoms with Gasteiger partial charge in [0.05, 0.1) is 25.3 Å². The second kappa shape index (κ2) is 6.39. The second-order valence-corrected chi connectivity index (χ2v) is 7.19. The highest BCUT2D eigenvalue weighted by Gasteiger charge is 2.46.